The van der Waals surface area contributed by atoms with Gasteiger partial charge in [-0.1, -0.05) is 0 Å². The van der Waals surface area contributed by atoms with Gasteiger partial charge in [-0.25, -0.2) is 0 Å². The number of ether oxygens (including phenoxy) is 1. The van der Waals surface area contributed by atoms with Gasteiger partial charge in [0.2, 0.25) is 0 Å². The van der Waals surface area contributed by atoms with Crippen LogP contribution >= 0.6 is 0 Å². The summed E-state index contributed by atoms with van der Waals surface area (Å²) in [7, 11) is 0. The maximum absolute atomic E-state index is 9.01. The Morgan fingerprint density at radius 3 is 3.00 bits per heavy atom. The van der Waals surface area contributed by atoms with Crippen LogP contribution in [0.15, 0.2) is 18.3 Å². The molecular weight excluding hydrogens is 170 g/mol. The fraction of sp³-hybridized carbons (Fsp3) is 0.444. The zero-order chi connectivity index (χ0) is 9.68. The maximum atomic E-state index is 9.01. The quantitative estimate of drug-likeness (QED) is 0.696. The minimum Gasteiger partial charge on any atom is -0.489 e. The van der Waals surface area contributed by atoms with Crippen molar-refractivity contribution in [1.82, 2.24) is 4.98 Å². The number of hydrogen-bond acceptors (Lipinski definition) is 4. The Hall–Kier alpha value is -1.13. The monoisotopic (exact) mass is 183 g/mol. The SMILES string of the molecule is Cc1ncccc1OCC(O)CO. The zero-order valence-electron chi connectivity index (χ0n) is 7.47. The Kier molecular flexibility index (Phi) is 3.67. The molecule has 0 fully saturated rings. The lowest BCUT2D eigenvalue weighted by molar-refractivity contribution is 0.0532. The molecule has 1 unspecified atom stereocenters. The molecule has 1 aromatic rings. The van der Waals surface area contributed by atoms with Gasteiger partial charge >= 0.3 is 0 Å². The zero-order valence-corrected chi connectivity index (χ0v) is 7.47. The molecule has 1 rings (SSSR count). The third-order valence-corrected chi connectivity index (χ3v) is 1.60. The van der Waals surface area contributed by atoms with Crippen molar-refractivity contribution < 1.29 is 14.9 Å². The molecule has 0 saturated carbocycles. The Morgan fingerprint density at radius 1 is 1.62 bits per heavy atom. The van der Waals surface area contributed by atoms with Gasteiger partial charge in [-0.15, -0.1) is 0 Å². The van der Waals surface area contributed by atoms with Gasteiger partial charge in [0.05, 0.1) is 12.3 Å². The topological polar surface area (TPSA) is 62.6 Å². The normalized spacial score (nSPS) is 12.5. The smallest absolute Gasteiger partial charge is 0.140 e. The molecular formula is C9H13NO3. The number of rotatable bonds is 4. The van der Waals surface area contributed by atoms with Gasteiger partial charge in [-0.05, 0) is 19.1 Å². The van der Waals surface area contributed by atoms with Crippen molar-refractivity contribution in [3.8, 4) is 5.75 Å². The van der Waals surface area contributed by atoms with Gasteiger partial charge in [0.25, 0.3) is 0 Å². The number of aromatic nitrogens is 1. The molecule has 0 aliphatic rings. The summed E-state index contributed by atoms with van der Waals surface area (Å²) in [6, 6.07) is 3.53. The Morgan fingerprint density at radius 2 is 2.38 bits per heavy atom. The van der Waals surface area contributed by atoms with E-state index >= 15 is 0 Å². The lowest BCUT2D eigenvalue weighted by Gasteiger charge is -2.10. The van der Waals surface area contributed by atoms with E-state index in [1.807, 2.05) is 6.92 Å². The van der Waals surface area contributed by atoms with Crippen molar-refractivity contribution in [2.24, 2.45) is 0 Å². The third kappa shape index (κ3) is 3.01. The largest absolute Gasteiger partial charge is 0.489 e. The molecule has 4 heteroatoms. The third-order valence-electron chi connectivity index (χ3n) is 1.60. The van der Waals surface area contributed by atoms with Crippen LogP contribution in [0.2, 0.25) is 0 Å². The molecule has 0 aliphatic heterocycles. The average molecular weight is 183 g/mol. The number of hydrogen-bond donors (Lipinski definition) is 2. The minimum atomic E-state index is -0.834. The van der Waals surface area contributed by atoms with Crippen LogP contribution in [-0.4, -0.2) is 34.5 Å². The molecule has 0 radical (unpaired) electrons. The van der Waals surface area contributed by atoms with E-state index in [0.29, 0.717) is 5.75 Å². The second-order valence-electron chi connectivity index (χ2n) is 2.73. The molecule has 13 heavy (non-hydrogen) atoms. The summed E-state index contributed by atoms with van der Waals surface area (Å²) in [5, 5.41) is 17.6. The van der Waals surface area contributed by atoms with E-state index in [-0.39, 0.29) is 13.2 Å². The van der Waals surface area contributed by atoms with E-state index < -0.39 is 6.10 Å². The van der Waals surface area contributed by atoms with Crippen molar-refractivity contribution in [2.75, 3.05) is 13.2 Å². The van der Waals surface area contributed by atoms with E-state index in [1.165, 1.54) is 0 Å². The summed E-state index contributed by atoms with van der Waals surface area (Å²) in [5.74, 6) is 0.634. The van der Waals surface area contributed by atoms with E-state index in [9.17, 15) is 0 Å². The standard InChI is InChI=1S/C9H13NO3/c1-7-9(3-2-4-10-7)13-6-8(12)5-11/h2-4,8,11-12H,5-6H2,1H3. The van der Waals surface area contributed by atoms with Crippen LogP contribution in [0.4, 0.5) is 0 Å². The van der Waals surface area contributed by atoms with Crippen molar-refractivity contribution >= 4 is 0 Å². The summed E-state index contributed by atoms with van der Waals surface area (Å²) in [4.78, 5) is 4.01. The Balaban J connectivity index is 2.50. The van der Waals surface area contributed by atoms with Gasteiger partial charge in [0.1, 0.15) is 18.5 Å². The molecule has 2 N–H and O–H groups in total. The molecule has 0 aliphatic carbocycles. The summed E-state index contributed by atoms with van der Waals surface area (Å²) in [5.41, 5.74) is 0.771. The maximum Gasteiger partial charge on any atom is 0.140 e. The molecule has 1 atom stereocenters. The molecule has 0 amide bonds. The highest BCUT2D eigenvalue weighted by atomic mass is 16.5. The van der Waals surface area contributed by atoms with E-state index in [0.717, 1.165) is 5.69 Å². The summed E-state index contributed by atoms with van der Waals surface area (Å²) in [6.07, 6.45) is 0.838. The molecule has 4 nitrogen and oxygen atoms in total. The molecule has 1 heterocycles. The van der Waals surface area contributed by atoms with Gasteiger partial charge in [0, 0.05) is 6.20 Å². The van der Waals surface area contributed by atoms with E-state index in [1.54, 1.807) is 18.3 Å². The van der Waals surface area contributed by atoms with Crippen LogP contribution in [0.25, 0.3) is 0 Å². The highest BCUT2D eigenvalue weighted by Gasteiger charge is 2.04. The second-order valence-corrected chi connectivity index (χ2v) is 2.73. The first-order valence-electron chi connectivity index (χ1n) is 4.07. The summed E-state index contributed by atoms with van der Waals surface area (Å²) >= 11 is 0. The van der Waals surface area contributed by atoms with Crippen LogP contribution < -0.4 is 4.74 Å². The Bertz CT molecular complexity index is 265. The minimum absolute atomic E-state index is 0.0863. The number of aliphatic hydroxyl groups excluding tert-OH is 2. The predicted molar refractivity (Wildman–Crippen MR) is 47.6 cm³/mol. The molecule has 0 saturated heterocycles. The highest BCUT2D eigenvalue weighted by Crippen LogP contribution is 2.13. The molecule has 0 aromatic carbocycles. The van der Waals surface area contributed by atoms with Crippen molar-refractivity contribution in [3.63, 3.8) is 0 Å². The van der Waals surface area contributed by atoms with Crippen molar-refractivity contribution in [1.29, 1.82) is 0 Å². The van der Waals surface area contributed by atoms with E-state index in [2.05, 4.69) is 4.98 Å². The second kappa shape index (κ2) is 4.79. The number of aliphatic hydroxyl groups is 2. The molecule has 0 bridgehead atoms. The first-order chi connectivity index (χ1) is 6.24. The van der Waals surface area contributed by atoms with Gasteiger partial charge in [0.15, 0.2) is 0 Å². The van der Waals surface area contributed by atoms with Crippen LogP contribution in [0, 0.1) is 6.92 Å². The van der Waals surface area contributed by atoms with Crippen LogP contribution in [-0.2, 0) is 0 Å². The van der Waals surface area contributed by atoms with Gasteiger partial charge in [-0.3, -0.25) is 4.98 Å². The molecule has 1 aromatic heterocycles. The molecule has 0 spiro atoms. The van der Waals surface area contributed by atoms with Crippen molar-refractivity contribution in [2.45, 2.75) is 13.0 Å². The van der Waals surface area contributed by atoms with Gasteiger partial charge < -0.3 is 14.9 Å². The Labute approximate surface area is 76.8 Å². The van der Waals surface area contributed by atoms with Crippen LogP contribution in [0.3, 0.4) is 0 Å². The number of aryl methyl sites for hydroxylation is 1. The number of pyridine rings is 1. The molecule has 72 valence electrons. The van der Waals surface area contributed by atoms with Gasteiger partial charge in [-0.2, -0.15) is 0 Å². The lowest BCUT2D eigenvalue weighted by atomic mass is 10.3. The fourth-order valence-electron chi connectivity index (χ4n) is 0.861. The van der Waals surface area contributed by atoms with Crippen LogP contribution in [0.5, 0.6) is 5.75 Å². The summed E-state index contributed by atoms with van der Waals surface area (Å²) < 4.78 is 5.22. The highest BCUT2D eigenvalue weighted by molar-refractivity contribution is 5.25. The van der Waals surface area contributed by atoms with E-state index in [4.69, 9.17) is 14.9 Å². The lowest BCUT2D eigenvalue weighted by Crippen LogP contribution is -2.21. The number of nitrogens with zero attached hydrogens (tertiary/aromatic N) is 1. The van der Waals surface area contributed by atoms with Crippen molar-refractivity contribution in [3.05, 3.63) is 24.0 Å². The average Bonchev–Trinajstić information content (AvgIpc) is 2.16. The first-order valence-corrected chi connectivity index (χ1v) is 4.07. The fourth-order valence-corrected chi connectivity index (χ4v) is 0.861. The van der Waals surface area contributed by atoms with Crippen LogP contribution in [0.1, 0.15) is 5.69 Å². The summed E-state index contributed by atoms with van der Waals surface area (Å²) in [6.45, 7) is 1.61. The first kappa shape index (κ1) is 9.95. The predicted octanol–water partition coefficient (Wildman–Crippen LogP) is 0.122.